The molecule has 4 nitrogen and oxygen atoms in total. The number of nitrogens with zero attached hydrogens (tertiary/aromatic N) is 1. The van der Waals surface area contributed by atoms with Crippen molar-refractivity contribution in [2.24, 2.45) is 0 Å². The predicted molar refractivity (Wildman–Crippen MR) is 73.4 cm³/mol. The molecule has 0 unspecified atom stereocenters. The van der Waals surface area contributed by atoms with Crippen molar-refractivity contribution < 1.29 is 23.0 Å². The number of alkyl halides is 2. The van der Waals surface area contributed by atoms with Crippen molar-refractivity contribution in [2.45, 2.75) is 13.2 Å². The molecule has 22 heavy (non-hydrogen) atoms. The van der Waals surface area contributed by atoms with Crippen LogP contribution in [0.2, 0.25) is 0 Å². The fourth-order valence-corrected chi connectivity index (χ4v) is 1.74. The topological polar surface area (TPSA) is 59.3 Å². The van der Waals surface area contributed by atoms with Gasteiger partial charge in [0, 0.05) is 0 Å². The van der Waals surface area contributed by atoms with E-state index in [4.69, 9.17) is 10.00 Å². The summed E-state index contributed by atoms with van der Waals surface area (Å²) in [6.07, 6.45) is 0. The number of ether oxygens (including phenoxy) is 2. The average Bonchev–Trinajstić information content (AvgIpc) is 2.53. The zero-order chi connectivity index (χ0) is 15.9. The highest BCUT2D eigenvalue weighted by molar-refractivity contribution is 5.92. The highest BCUT2D eigenvalue weighted by Crippen LogP contribution is 2.21. The van der Waals surface area contributed by atoms with Gasteiger partial charge < -0.3 is 9.47 Å². The Morgan fingerprint density at radius 1 is 1.14 bits per heavy atom. The van der Waals surface area contributed by atoms with Crippen LogP contribution in [-0.4, -0.2) is 12.6 Å². The first-order valence-electron chi connectivity index (χ1n) is 6.30. The molecule has 2 aromatic rings. The zero-order valence-corrected chi connectivity index (χ0v) is 11.3. The van der Waals surface area contributed by atoms with E-state index in [1.54, 1.807) is 24.3 Å². The van der Waals surface area contributed by atoms with Gasteiger partial charge in [-0.15, -0.1) is 0 Å². The summed E-state index contributed by atoms with van der Waals surface area (Å²) in [5.74, 6) is -0.997. The van der Waals surface area contributed by atoms with Gasteiger partial charge >= 0.3 is 12.6 Å². The van der Waals surface area contributed by atoms with Crippen LogP contribution in [0.3, 0.4) is 0 Å². The molecule has 0 radical (unpaired) electrons. The van der Waals surface area contributed by atoms with Gasteiger partial charge in [-0.05, 0) is 29.8 Å². The lowest BCUT2D eigenvalue weighted by molar-refractivity contribution is -0.0504. The Bertz CT molecular complexity index is 693. The van der Waals surface area contributed by atoms with Crippen molar-refractivity contribution in [1.29, 1.82) is 5.26 Å². The molecule has 6 heteroatoms. The van der Waals surface area contributed by atoms with Crippen LogP contribution in [0.15, 0.2) is 48.5 Å². The van der Waals surface area contributed by atoms with Crippen LogP contribution >= 0.6 is 0 Å². The van der Waals surface area contributed by atoms with E-state index in [1.807, 2.05) is 6.07 Å². The molecule has 0 aliphatic heterocycles. The van der Waals surface area contributed by atoms with E-state index in [1.165, 1.54) is 24.3 Å². The van der Waals surface area contributed by atoms with Crippen LogP contribution < -0.4 is 4.74 Å². The number of carbonyl (C=O) groups excluding carboxylic acids is 1. The van der Waals surface area contributed by atoms with Gasteiger partial charge in [-0.1, -0.05) is 24.3 Å². The normalized spacial score (nSPS) is 10.1. The van der Waals surface area contributed by atoms with E-state index in [-0.39, 0.29) is 17.9 Å². The van der Waals surface area contributed by atoms with Crippen LogP contribution in [-0.2, 0) is 11.3 Å². The second-order valence-corrected chi connectivity index (χ2v) is 4.26. The Hall–Kier alpha value is -2.94. The van der Waals surface area contributed by atoms with Crippen molar-refractivity contribution in [1.82, 2.24) is 0 Å². The number of esters is 1. The first-order valence-corrected chi connectivity index (χ1v) is 6.30. The molecule has 0 aliphatic carbocycles. The second-order valence-electron chi connectivity index (χ2n) is 4.26. The predicted octanol–water partition coefficient (Wildman–Crippen LogP) is 3.52. The minimum atomic E-state index is -3.02. The number of hydrogen-bond acceptors (Lipinski definition) is 4. The summed E-state index contributed by atoms with van der Waals surface area (Å²) in [5, 5.41) is 8.69. The van der Waals surface area contributed by atoms with Gasteiger partial charge in [-0.25, -0.2) is 4.79 Å². The maximum absolute atomic E-state index is 12.3. The van der Waals surface area contributed by atoms with Crippen molar-refractivity contribution in [3.8, 4) is 11.8 Å². The van der Waals surface area contributed by atoms with E-state index in [2.05, 4.69) is 4.74 Å². The molecule has 0 atom stereocenters. The number of hydrogen-bond donors (Lipinski definition) is 0. The molecule has 112 valence electrons. The van der Waals surface area contributed by atoms with E-state index < -0.39 is 12.6 Å². The Morgan fingerprint density at radius 2 is 1.82 bits per heavy atom. The Morgan fingerprint density at radius 3 is 2.45 bits per heavy atom. The third-order valence-electron chi connectivity index (χ3n) is 2.78. The SMILES string of the molecule is N#Cc1ccc(COC(=O)c2ccccc2OC(F)F)cc1. The van der Waals surface area contributed by atoms with Gasteiger partial charge in [0.1, 0.15) is 17.9 Å². The summed E-state index contributed by atoms with van der Waals surface area (Å²) in [6.45, 7) is -3.06. The van der Waals surface area contributed by atoms with Gasteiger partial charge in [0.2, 0.25) is 0 Å². The molecule has 0 aliphatic rings. The number of para-hydroxylation sites is 1. The molecule has 0 aromatic heterocycles. The lowest BCUT2D eigenvalue weighted by Gasteiger charge is -2.10. The summed E-state index contributed by atoms with van der Waals surface area (Å²) in [7, 11) is 0. The summed E-state index contributed by atoms with van der Waals surface area (Å²) < 4.78 is 33.9. The standard InChI is InChI=1S/C16H11F2NO3/c17-16(18)22-14-4-2-1-3-13(14)15(20)21-10-12-7-5-11(9-19)6-8-12/h1-8,16H,10H2. The lowest BCUT2D eigenvalue weighted by Crippen LogP contribution is -2.10. The van der Waals surface area contributed by atoms with Gasteiger partial charge in [0.05, 0.1) is 11.6 Å². The summed E-state index contributed by atoms with van der Waals surface area (Å²) in [5.41, 5.74) is 1.10. The van der Waals surface area contributed by atoms with Crippen molar-refractivity contribution >= 4 is 5.97 Å². The summed E-state index contributed by atoms with van der Waals surface area (Å²) in [6, 6.07) is 14.1. The number of nitriles is 1. The zero-order valence-electron chi connectivity index (χ0n) is 11.3. The van der Waals surface area contributed by atoms with Gasteiger partial charge in [-0.3, -0.25) is 0 Å². The van der Waals surface area contributed by atoms with Crippen LogP contribution in [0, 0.1) is 11.3 Å². The molecule has 2 aromatic carbocycles. The number of rotatable bonds is 5. The Kier molecular flexibility index (Phi) is 5.04. The fraction of sp³-hybridized carbons (Fsp3) is 0.125. The minimum absolute atomic E-state index is 0.0342. The van der Waals surface area contributed by atoms with E-state index in [0.29, 0.717) is 11.1 Å². The first-order chi connectivity index (χ1) is 10.6. The van der Waals surface area contributed by atoms with E-state index >= 15 is 0 Å². The third kappa shape index (κ3) is 4.03. The summed E-state index contributed by atoms with van der Waals surface area (Å²) in [4.78, 5) is 11.9. The highest BCUT2D eigenvalue weighted by atomic mass is 19.3. The van der Waals surface area contributed by atoms with Crippen LogP contribution in [0.1, 0.15) is 21.5 Å². The Balaban J connectivity index is 2.04. The van der Waals surface area contributed by atoms with E-state index in [0.717, 1.165) is 0 Å². The molecule has 2 rings (SSSR count). The maximum atomic E-state index is 12.3. The molecule has 0 fully saturated rings. The molecule has 0 saturated carbocycles. The van der Waals surface area contributed by atoms with Crippen molar-refractivity contribution in [2.75, 3.05) is 0 Å². The second kappa shape index (κ2) is 7.18. The molecule has 0 N–H and O–H groups in total. The molecule has 0 heterocycles. The van der Waals surface area contributed by atoms with Crippen LogP contribution in [0.4, 0.5) is 8.78 Å². The summed E-state index contributed by atoms with van der Waals surface area (Å²) >= 11 is 0. The lowest BCUT2D eigenvalue weighted by atomic mass is 10.1. The number of carbonyl (C=O) groups is 1. The third-order valence-corrected chi connectivity index (χ3v) is 2.78. The largest absolute Gasteiger partial charge is 0.457 e. The minimum Gasteiger partial charge on any atom is -0.457 e. The van der Waals surface area contributed by atoms with Gasteiger partial charge in [0.15, 0.2) is 0 Å². The molecular weight excluding hydrogens is 292 g/mol. The quantitative estimate of drug-likeness (QED) is 0.793. The van der Waals surface area contributed by atoms with Gasteiger partial charge in [-0.2, -0.15) is 14.0 Å². The molecule has 0 amide bonds. The molecule has 0 spiro atoms. The monoisotopic (exact) mass is 303 g/mol. The number of halogens is 2. The van der Waals surface area contributed by atoms with Gasteiger partial charge in [0.25, 0.3) is 0 Å². The van der Waals surface area contributed by atoms with Crippen LogP contribution in [0.5, 0.6) is 5.75 Å². The molecule has 0 saturated heterocycles. The average molecular weight is 303 g/mol. The molecular formula is C16H11F2NO3. The highest BCUT2D eigenvalue weighted by Gasteiger charge is 2.16. The fourth-order valence-electron chi connectivity index (χ4n) is 1.74. The first kappa shape index (κ1) is 15.4. The smallest absolute Gasteiger partial charge is 0.387 e. The van der Waals surface area contributed by atoms with E-state index in [9.17, 15) is 13.6 Å². The van der Waals surface area contributed by atoms with Crippen LogP contribution in [0.25, 0.3) is 0 Å². The van der Waals surface area contributed by atoms with Crippen molar-refractivity contribution in [3.63, 3.8) is 0 Å². The van der Waals surface area contributed by atoms with Crippen molar-refractivity contribution in [3.05, 3.63) is 65.2 Å². The Labute approximate surface area is 125 Å². The number of benzene rings is 2. The molecule has 0 bridgehead atoms. The maximum Gasteiger partial charge on any atom is 0.387 e.